The van der Waals surface area contributed by atoms with Crippen molar-refractivity contribution < 1.29 is 19.1 Å². The lowest BCUT2D eigenvalue weighted by Crippen LogP contribution is -2.43. The van der Waals surface area contributed by atoms with Gasteiger partial charge in [-0.3, -0.25) is 9.59 Å². The molecule has 1 unspecified atom stereocenters. The van der Waals surface area contributed by atoms with E-state index in [4.69, 9.17) is 4.74 Å². The average molecular weight is 431 g/mol. The molecule has 0 aromatic heterocycles. The number of rotatable bonds is 18. The summed E-state index contributed by atoms with van der Waals surface area (Å²) in [5.74, 6) is 0.406. The van der Waals surface area contributed by atoms with E-state index in [1.807, 2.05) is 7.05 Å². The summed E-state index contributed by atoms with van der Waals surface area (Å²) in [6.45, 7) is 6.63. The standard InChI is InChI=1S/C22H42N2O4S/c1-5-12-19(13-6-2)28-22(27)20(14-9-10-16-23-4)24-21(26)15-8-7-11-17-29-18(3)25/h19-20,23H,5-17H2,1-4H3,(H,24,26). The van der Waals surface area contributed by atoms with Crippen LogP contribution in [0.5, 0.6) is 0 Å². The highest BCUT2D eigenvalue weighted by atomic mass is 32.2. The predicted molar refractivity (Wildman–Crippen MR) is 121 cm³/mol. The Hall–Kier alpha value is -1.08. The van der Waals surface area contributed by atoms with Crippen molar-refractivity contribution in [3.8, 4) is 0 Å². The number of amides is 1. The first-order chi connectivity index (χ1) is 13.9. The fraction of sp³-hybridized carbons (Fsp3) is 0.864. The number of thioether (sulfide) groups is 1. The topological polar surface area (TPSA) is 84.5 Å². The molecule has 0 rings (SSSR count). The molecule has 6 nitrogen and oxygen atoms in total. The Labute approximate surface area is 181 Å². The Morgan fingerprint density at radius 3 is 2.21 bits per heavy atom. The molecule has 0 aromatic carbocycles. The van der Waals surface area contributed by atoms with Crippen LogP contribution in [0.1, 0.15) is 91.4 Å². The van der Waals surface area contributed by atoms with Crippen LogP contribution in [-0.4, -0.2) is 48.5 Å². The van der Waals surface area contributed by atoms with Crippen molar-refractivity contribution in [3.05, 3.63) is 0 Å². The number of nitrogens with one attached hydrogen (secondary N) is 2. The molecule has 0 fully saturated rings. The van der Waals surface area contributed by atoms with Crippen molar-refractivity contribution in [1.29, 1.82) is 0 Å². The molecule has 170 valence electrons. The number of unbranched alkanes of at least 4 members (excludes halogenated alkanes) is 3. The molecule has 1 atom stereocenters. The third kappa shape index (κ3) is 16.4. The van der Waals surface area contributed by atoms with Gasteiger partial charge in [0.2, 0.25) is 5.91 Å². The maximum atomic E-state index is 12.7. The number of esters is 1. The maximum Gasteiger partial charge on any atom is 0.328 e. The number of ether oxygens (including phenoxy) is 1. The summed E-state index contributed by atoms with van der Waals surface area (Å²) < 4.78 is 5.73. The van der Waals surface area contributed by atoms with Crippen molar-refractivity contribution in [2.75, 3.05) is 19.3 Å². The van der Waals surface area contributed by atoms with E-state index in [0.717, 1.165) is 70.1 Å². The van der Waals surface area contributed by atoms with Gasteiger partial charge >= 0.3 is 5.97 Å². The summed E-state index contributed by atoms with van der Waals surface area (Å²) in [6.07, 6.45) is 9.00. The lowest BCUT2D eigenvalue weighted by molar-refractivity contribution is -0.154. The molecule has 7 heteroatoms. The van der Waals surface area contributed by atoms with Crippen LogP contribution in [0.3, 0.4) is 0 Å². The summed E-state index contributed by atoms with van der Waals surface area (Å²) in [6, 6.07) is -0.566. The molecule has 1 amide bonds. The molecule has 0 aliphatic rings. The van der Waals surface area contributed by atoms with E-state index in [0.29, 0.717) is 12.8 Å². The molecule has 0 bridgehead atoms. The van der Waals surface area contributed by atoms with E-state index in [1.165, 1.54) is 11.8 Å². The maximum absolute atomic E-state index is 12.7. The van der Waals surface area contributed by atoms with Gasteiger partial charge in [0.25, 0.3) is 0 Å². The zero-order valence-corrected chi connectivity index (χ0v) is 19.7. The predicted octanol–water partition coefficient (Wildman–Crippen LogP) is 4.21. The van der Waals surface area contributed by atoms with Crippen LogP contribution in [0.2, 0.25) is 0 Å². The van der Waals surface area contributed by atoms with E-state index in [1.54, 1.807) is 6.92 Å². The van der Waals surface area contributed by atoms with Crippen LogP contribution in [-0.2, 0) is 19.1 Å². The van der Waals surface area contributed by atoms with Crippen LogP contribution in [0.15, 0.2) is 0 Å². The van der Waals surface area contributed by atoms with Gasteiger partial charge in [-0.2, -0.15) is 0 Å². The highest BCUT2D eigenvalue weighted by molar-refractivity contribution is 8.13. The monoisotopic (exact) mass is 430 g/mol. The molecule has 0 aromatic rings. The second-order valence-electron chi connectivity index (χ2n) is 7.51. The van der Waals surface area contributed by atoms with Crippen LogP contribution < -0.4 is 10.6 Å². The molecule has 0 aliphatic carbocycles. The number of hydrogen-bond donors (Lipinski definition) is 2. The summed E-state index contributed by atoms with van der Waals surface area (Å²) in [4.78, 5) is 35.9. The van der Waals surface area contributed by atoms with Crippen molar-refractivity contribution >= 4 is 28.8 Å². The summed E-state index contributed by atoms with van der Waals surface area (Å²) in [5, 5.41) is 6.13. The number of carbonyl (C=O) groups is 3. The average Bonchev–Trinajstić information content (AvgIpc) is 2.67. The number of carbonyl (C=O) groups excluding carboxylic acids is 3. The van der Waals surface area contributed by atoms with Crippen molar-refractivity contribution in [3.63, 3.8) is 0 Å². The summed E-state index contributed by atoms with van der Waals surface area (Å²) in [7, 11) is 1.91. The highest BCUT2D eigenvalue weighted by Gasteiger charge is 2.24. The van der Waals surface area contributed by atoms with Crippen LogP contribution in [0, 0.1) is 0 Å². The molecular weight excluding hydrogens is 388 g/mol. The molecule has 0 saturated carbocycles. The first-order valence-corrected chi connectivity index (χ1v) is 12.2. The van der Waals surface area contributed by atoms with Crippen molar-refractivity contribution in [2.24, 2.45) is 0 Å². The molecule has 0 aliphatic heterocycles. The normalized spacial score (nSPS) is 12.0. The molecule has 0 spiro atoms. The van der Waals surface area contributed by atoms with E-state index in [-0.39, 0.29) is 23.1 Å². The fourth-order valence-electron chi connectivity index (χ4n) is 3.10. The molecule has 29 heavy (non-hydrogen) atoms. The second-order valence-corrected chi connectivity index (χ2v) is 8.78. The van der Waals surface area contributed by atoms with Crippen LogP contribution in [0.25, 0.3) is 0 Å². The van der Waals surface area contributed by atoms with Gasteiger partial charge in [-0.1, -0.05) is 44.9 Å². The van der Waals surface area contributed by atoms with Gasteiger partial charge in [0, 0.05) is 19.1 Å². The summed E-state index contributed by atoms with van der Waals surface area (Å²) in [5.41, 5.74) is 0. The summed E-state index contributed by atoms with van der Waals surface area (Å²) >= 11 is 1.33. The smallest absolute Gasteiger partial charge is 0.328 e. The van der Waals surface area contributed by atoms with Crippen molar-refractivity contribution in [1.82, 2.24) is 10.6 Å². The van der Waals surface area contributed by atoms with Gasteiger partial charge in [0.05, 0.1) is 0 Å². The van der Waals surface area contributed by atoms with Crippen molar-refractivity contribution in [2.45, 2.75) is 104 Å². The lowest BCUT2D eigenvalue weighted by Gasteiger charge is -2.22. The van der Waals surface area contributed by atoms with Gasteiger partial charge in [0.1, 0.15) is 12.1 Å². The first-order valence-electron chi connectivity index (χ1n) is 11.2. The number of hydrogen-bond acceptors (Lipinski definition) is 6. The van der Waals surface area contributed by atoms with Crippen LogP contribution >= 0.6 is 11.8 Å². The third-order valence-corrected chi connectivity index (χ3v) is 5.55. The second kappa shape index (κ2) is 18.9. The molecule has 0 saturated heterocycles. The Morgan fingerprint density at radius 1 is 0.931 bits per heavy atom. The van der Waals surface area contributed by atoms with E-state index in [2.05, 4.69) is 24.5 Å². The third-order valence-electron chi connectivity index (χ3n) is 4.65. The Balaban J connectivity index is 4.50. The van der Waals surface area contributed by atoms with E-state index in [9.17, 15) is 14.4 Å². The largest absolute Gasteiger partial charge is 0.461 e. The van der Waals surface area contributed by atoms with E-state index >= 15 is 0 Å². The minimum atomic E-state index is -0.566. The Bertz CT molecular complexity index is 454. The SMILES string of the molecule is CCCC(CCC)OC(=O)C(CCCCNC)NC(=O)CCCCCSC(C)=O. The minimum Gasteiger partial charge on any atom is -0.461 e. The molecular formula is C22H42N2O4S. The quantitative estimate of drug-likeness (QED) is 0.250. The van der Waals surface area contributed by atoms with Gasteiger partial charge in [0.15, 0.2) is 5.12 Å². The molecule has 0 heterocycles. The zero-order chi connectivity index (χ0) is 21.9. The Morgan fingerprint density at radius 2 is 1.62 bits per heavy atom. The molecule has 2 N–H and O–H groups in total. The lowest BCUT2D eigenvalue weighted by atomic mass is 10.1. The minimum absolute atomic E-state index is 0.0620. The van der Waals surface area contributed by atoms with Gasteiger partial charge in [-0.15, -0.1) is 0 Å². The van der Waals surface area contributed by atoms with E-state index < -0.39 is 6.04 Å². The van der Waals surface area contributed by atoms with Gasteiger partial charge in [-0.25, -0.2) is 4.79 Å². The zero-order valence-electron chi connectivity index (χ0n) is 18.9. The fourth-order valence-corrected chi connectivity index (χ4v) is 3.73. The van der Waals surface area contributed by atoms with Crippen LogP contribution in [0.4, 0.5) is 0 Å². The highest BCUT2D eigenvalue weighted by Crippen LogP contribution is 2.13. The van der Waals surface area contributed by atoms with Gasteiger partial charge in [-0.05, 0) is 58.5 Å². The Kier molecular flexibility index (Phi) is 18.2. The molecule has 0 radical (unpaired) electrons. The van der Waals surface area contributed by atoms with Gasteiger partial charge < -0.3 is 15.4 Å². The first kappa shape index (κ1) is 27.9.